The summed E-state index contributed by atoms with van der Waals surface area (Å²) >= 11 is 23.5. The van der Waals surface area contributed by atoms with Gasteiger partial charge < -0.3 is 71.1 Å². The Bertz CT molecular complexity index is 6460. The van der Waals surface area contributed by atoms with Crippen molar-refractivity contribution in [3.63, 3.8) is 0 Å². The number of aryl methyl sites for hydroxylation is 9. The molecule has 0 aliphatic heterocycles. The van der Waals surface area contributed by atoms with E-state index in [1.807, 2.05) is 98.7 Å². The van der Waals surface area contributed by atoms with E-state index in [0.29, 0.717) is 33.9 Å². The van der Waals surface area contributed by atoms with E-state index in [1.165, 1.54) is 216 Å². The molecule has 0 aliphatic rings. The van der Waals surface area contributed by atoms with Gasteiger partial charge in [0.05, 0.1) is 140 Å². The average molecular weight is 2090 g/mol. The van der Waals surface area contributed by atoms with Crippen LogP contribution in [0.25, 0.3) is 0 Å². The molecular weight excluding hydrogens is 1980 g/mol. The van der Waals surface area contributed by atoms with Gasteiger partial charge >= 0.3 is 0 Å². The normalized spacial score (nSPS) is 11.0. The first-order chi connectivity index (χ1) is 68.0. The van der Waals surface area contributed by atoms with Crippen molar-refractivity contribution >= 4 is 138 Å². The number of rotatable bonds is 39. The summed E-state index contributed by atoms with van der Waals surface area (Å²) in [7, 11) is 20.8. The highest BCUT2D eigenvalue weighted by Crippen LogP contribution is 2.64. The Morgan fingerprint density at radius 1 is 0.168 bits per heavy atom. The molecule has 0 atom stereocenters. The third-order valence-corrected chi connectivity index (χ3v) is 38.6. The Hall–Kier alpha value is -13.7. The van der Waals surface area contributed by atoms with Gasteiger partial charge in [0.25, 0.3) is 0 Å². The van der Waals surface area contributed by atoms with Crippen LogP contribution >= 0.6 is 24.2 Å². The molecule has 12 rings (SSSR count). The lowest BCUT2D eigenvalue weighted by Gasteiger charge is -2.24. The van der Waals surface area contributed by atoms with Gasteiger partial charge in [-0.1, -0.05) is 155 Å². The molecule has 12 aromatic carbocycles. The largest absolute Gasteiger partial charge is 0.497 e. The van der Waals surface area contributed by atoms with Gasteiger partial charge in [-0.05, 0) is 205 Å². The summed E-state index contributed by atoms with van der Waals surface area (Å²) in [5.74, 6) is 2.76. The van der Waals surface area contributed by atoms with Crippen molar-refractivity contribution in [2.75, 3.05) is 107 Å². The van der Waals surface area contributed by atoms with Crippen molar-refractivity contribution in [1.82, 2.24) is 0 Å². The Morgan fingerprint density at radius 2 is 0.322 bits per heavy atom. The number of ether oxygens (including phenoxy) is 15. The first kappa shape index (κ1) is 113. The number of benzene rings is 12. The molecule has 0 saturated heterocycles. The van der Waals surface area contributed by atoms with Crippen LogP contribution in [0, 0.1) is 62.3 Å². The molecule has 0 radical (unpaired) electrons. The molecule has 0 spiro atoms. The molecule has 27 nitrogen and oxygen atoms in total. The fourth-order valence-corrected chi connectivity index (χ4v) is 28.6. The second-order valence-electron chi connectivity index (χ2n) is 31.8. The van der Waals surface area contributed by atoms with Crippen LogP contribution in [0.5, 0.6) is 86.2 Å². The van der Waals surface area contributed by atoms with E-state index < -0.39 is 90.4 Å². The third kappa shape index (κ3) is 23.0. The van der Waals surface area contributed by atoms with Gasteiger partial charge in [-0.25, -0.2) is 0 Å². The zero-order chi connectivity index (χ0) is 106. The van der Waals surface area contributed by atoms with Crippen LogP contribution in [0.2, 0.25) is 0 Å². The molecule has 12 aromatic rings. The summed E-state index contributed by atoms with van der Waals surface area (Å²) in [6.07, 6.45) is 0. The highest BCUT2D eigenvalue weighted by molar-refractivity contribution is 8.40. The zero-order valence-corrected chi connectivity index (χ0v) is 90.1. The summed E-state index contributed by atoms with van der Waals surface area (Å²) < 4.78 is 80.1. The standard InChI is InChI=1S/C30H33O3PS.2C27H27O9PS.C24H21O6PS/c1-16-10-19(4)25(20(5)11-16)28(31)34(35,29(32)26-21(6)12-17(2)13-22(26)7)30(33)27-23(8)14-18(3)15-24(27)9;1-31-16-7-10-19(22(13-16)34-4)25(28)37(38,26(29)20-11-8-17(32-2)14-23(20)35-5)27(30)21-12-9-18(33-3)15-24(21)36-6;1-31-16-10-7-11-17(32-2)22(16)25(28)37(38,26(29)23-18(33-3)12-8-13-19(23)34-4)27(30)24-20(35-5)14-9-15-21(24)36-6;1-28-19-13-7-4-10-16(19)22(25)31(32,23(26)17-11-5-8-14-20(17)29-2)24(27)18-12-6-9-15-21(18)30-3/h10-15H,1-9H3;2*7-15H,1-6H3;4-15H,1-3H3. The van der Waals surface area contributed by atoms with Gasteiger partial charge in [0.15, 0.2) is 24.2 Å². The highest BCUT2D eigenvalue weighted by atomic mass is 32.5. The maximum Gasteiger partial charge on any atom is 0.216 e. The molecule has 0 unspecified atom stereocenters. The number of hydrogen-bond donors (Lipinski definition) is 0. The van der Waals surface area contributed by atoms with Gasteiger partial charge in [0, 0.05) is 34.9 Å². The minimum Gasteiger partial charge on any atom is -0.497 e. The van der Waals surface area contributed by atoms with Gasteiger partial charge in [0.2, 0.25) is 66.3 Å². The Morgan fingerprint density at radius 3 is 0.497 bits per heavy atom. The van der Waals surface area contributed by atoms with E-state index in [2.05, 4.69) is 0 Å². The molecule has 0 heterocycles. The highest BCUT2D eigenvalue weighted by Gasteiger charge is 2.52. The molecule has 0 N–H and O–H groups in total. The maximum atomic E-state index is 14.4. The van der Waals surface area contributed by atoms with E-state index in [-0.39, 0.29) is 119 Å². The minimum absolute atomic E-state index is 0.0294. The Balaban J connectivity index is 0.000000213. The van der Waals surface area contributed by atoms with Crippen LogP contribution in [0.15, 0.2) is 218 Å². The molecule has 0 aliphatic carbocycles. The van der Waals surface area contributed by atoms with Gasteiger partial charge in [-0.15, -0.1) is 0 Å². The van der Waals surface area contributed by atoms with Crippen molar-refractivity contribution in [2.24, 2.45) is 0 Å². The van der Waals surface area contributed by atoms with Gasteiger partial charge in [-0.3, -0.25) is 57.5 Å². The summed E-state index contributed by atoms with van der Waals surface area (Å²) in [5.41, 5.74) is -0.807. The molecule has 746 valence electrons. The lowest BCUT2D eigenvalue weighted by molar-refractivity contribution is 0.0991. The fraction of sp³-hybridized carbons (Fsp3) is 0.222. The molecule has 0 aromatic heterocycles. The topological polar surface area (TPSA) is 343 Å². The Kier molecular flexibility index (Phi) is 38.9. The average Bonchev–Trinajstić information content (AvgIpc) is 0.734. The quantitative estimate of drug-likeness (QED) is 0.0323. The van der Waals surface area contributed by atoms with E-state index in [1.54, 1.807) is 72.8 Å². The van der Waals surface area contributed by atoms with Crippen LogP contribution in [-0.4, -0.2) is 173 Å². The summed E-state index contributed by atoms with van der Waals surface area (Å²) in [4.78, 5) is 170. The van der Waals surface area contributed by atoms with Crippen LogP contribution in [-0.2, 0) is 47.2 Å². The lowest BCUT2D eigenvalue weighted by atomic mass is 10.0. The summed E-state index contributed by atoms with van der Waals surface area (Å²) in [6.45, 7) is 16.9. The van der Waals surface area contributed by atoms with Crippen LogP contribution in [0.3, 0.4) is 0 Å². The molecule has 0 fully saturated rings. The second kappa shape index (κ2) is 49.3. The first-order valence-electron chi connectivity index (χ1n) is 43.4. The van der Waals surface area contributed by atoms with E-state index in [4.69, 9.17) is 118 Å². The molecular formula is C108H108O27P4S4. The first-order valence-corrected chi connectivity index (χ1v) is 54.6. The summed E-state index contributed by atoms with van der Waals surface area (Å²) in [6, 6.07) is 40.9. The fourth-order valence-electron chi connectivity index (χ4n) is 16.2. The second-order valence-corrected chi connectivity index (χ2v) is 48.2. The maximum absolute atomic E-state index is 14.4. The monoisotopic (exact) mass is 2090 g/mol. The predicted octanol–water partition coefficient (Wildman–Crippen LogP) is 22.9. The smallest absolute Gasteiger partial charge is 0.216 e. The number of para-hydroxylation sites is 3. The van der Waals surface area contributed by atoms with Crippen molar-refractivity contribution in [1.29, 1.82) is 0 Å². The molecule has 0 amide bonds. The van der Waals surface area contributed by atoms with Crippen molar-refractivity contribution < 1.29 is 129 Å². The van der Waals surface area contributed by atoms with Gasteiger partial charge in [0.1, 0.15) is 103 Å². The number of methoxy groups -OCH3 is 15. The SMILES string of the molecule is COc1ccc(C(=O)P(=S)(C(=O)c2ccc(OC)cc2OC)C(=O)c2ccc(OC)cc2OC)c(OC)c1.COc1cccc(OC)c1C(=O)P(=S)(C(=O)c1c(OC)cccc1OC)C(=O)c1c(OC)cccc1OC.COc1ccccc1C(=O)P(=S)(C(=O)c1ccccc1OC)C(=O)c1ccccc1OC.Cc1cc(C)c(C(=O)P(=S)(C(=O)c2c(C)cc(C)cc2C)C(=O)c2c(C)cc(C)cc2C)c(C)c1. The number of carbonyl (C=O) groups is 12. The van der Waals surface area contributed by atoms with Crippen molar-refractivity contribution in [3.8, 4) is 86.2 Å². The molecule has 0 bridgehead atoms. The van der Waals surface area contributed by atoms with Crippen molar-refractivity contribution in [3.05, 3.63) is 335 Å². The van der Waals surface area contributed by atoms with Crippen molar-refractivity contribution in [2.45, 2.75) is 62.3 Å². The van der Waals surface area contributed by atoms with E-state index >= 15 is 0 Å². The van der Waals surface area contributed by atoms with Gasteiger partial charge in [-0.2, -0.15) is 0 Å². The number of carbonyl (C=O) groups excluding carboxylic acids is 12. The lowest BCUT2D eigenvalue weighted by Crippen LogP contribution is -2.22. The molecule has 0 saturated carbocycles. The molecule has 143 heavy (non-hydrogen) atoms. The minimum atomic E-state index is -4.46. The van der Waals surface area contributed by atoms with E-state index in [0.717, 1.165) is 50.1 Å². The predicted molar refractivity (Wildman–Crippen MR) is 567 cm³/mol. The third-order valence-electron chi connectivity index (χ3n) is 23.0. The number of hydrogen-bond acceptors (Lipinski definition) is 31. The van der Waals surface area contributed by atoms with Crippen LogP contribution in [0.4, 0.5) is 0 Å². The summed E-state index contributed by atoms with van der Waals surface area (Å²) in [5, 5.41) is 0. The Labute approximate surface area is 850 Å². The molecule has 35 heteroatoms. The zero-order valence-electron chi connectivity index (χ0n) is 83.2. The van der Waals surface area contributed by atoms with Crippen LogP contribution in [0.1, 0.15) is 174 Å². The van der Waals surface area contributed by atoms with E-state index in [9.17, 15) is 57.5 Å². The van der Waals surface area contributed by atoms with Crippen LogP contribution < -0.4 is 71.1 Å².